The van der Waals surface area contributed by atoms with E-state index in [1.807, 2.05) is 0 Å². The van der Waals surface area contributed by atoms with E-state index in [1.165, 1.54) is 12.1 Å². The number of azo groups is 1. The number of benzene rings is 1. The average Bonchev–Trinajstić information content (AvgIpc) is 2.16. The van der Waals surface area contributed by atoms with E-state index < -0.39 is 11.8 Å². The summed E-state index contributed by atoms with van der Waals surface area (Å²) in [6.45, 7) is 0. The van der Waals surface area contributed by atoms with Gasteiger partial charge < -0.3 is 0 Å². The van der Waals surface area contributed by atoms with E-state index in [-0.39, 0.29) is 21.2 Å². The van der Waals surface area contributed by atoms with Crippen LogP contribution in [0.1, 0.15) is 20.7 Å². The molecule has 2 amide bonds. The summed E-state index contributed by atoms with van der Waals surface area (Å²) in [5.74, 6) is -1.29. The topological polar surface area (TPSA) is 58.9 Å². The monoisotopic (exact) mass is 228 g/mol. The minimum absolute atomic E-state index is 0.0270. The van der Waals surface area contributed by atoms with E-state index in [2.05, 4.69) is 10.2 Å². The normalized spacial score (nSPS) is 14.4. The van der Waals surface area contributed by atoms with Gasteiger partial charge in [-0.05, 0) is 12.1 Å². The quantitative estimate of drug-likeness (QED) is 0.686. The maximum Gasteiger partial charge on any atom is 0.297 e. The molecule has 1 heterocycles. The van der Waals surface area contributed by atoms with Crippen molar-refractivity contribution in [2.45, 2.75) is 0 Å². The Morgan fingerprint density at radius 2 is 1.21 bits per heavy atom. The Bertz CT molecular complexity index is 439. The number of carbonyl (C=O) groups is 2. The summed E-state index contributed by atoms with van der Waals surface area (Å²) in [5.41, 5.74) is 0.0540. The number of rotatable bonds is 0. The lowest BCUT2D eigenvalue weighted by atomic mass is 10.1. The molecule has 2 rings (SSSR count). The summed E-state index contributed by atoms with van der Waals surface area (Å²) in [7, 11) is 0. The Hall–Kier alpha value is -1.26. The molecule has 0 radical (unpaired) electrons. The van der Waals surface area contributed by atoms with Crippen LogP contribution in [0, 0.1) is 0 Å². The predicted octanol–water partition coefficient (Wildman–Crippen LogP) is 2.74. The fourth-order valence-electron chi connectivity index (χ4n) is 1.16. The highest BCUT2D eigenvalue weighted by molar-refractivity contribution is 6.39. The van der Waals surface area contributed by atoms with E-state index in [0.29, 0.717) is 0 Å². The van der Waals surface area contributed by atoms with Crippen molar-refractivity contribution < 1.29 is 9.59 Å². The molecule has 0 N–H and O–H groups in total. The van der Waals surface area contributed by atoms with E-state index in [4.69, 9.17) is 23.2 Å². The molecular formula is C8H2Cl2N2O2. The van der Waals surface area contributed by atoms with Crippen LogP contribution in [0.5, 0.6) is 0 Å². The zero-order chi connectivity index (χ0) is 10.3. The smallest absolute Gasteiger partial charge is 0.265 e. The molecule has 0 atom stereocenters. The van der Waals surface area contributed by atoms with Gasteiger partial charge in [0.05, 0.1) is 21.2 Å². The van der Waals surface area contributed by atoms with Gasteiger partial charge in [-0.2, -0.15) is 0 Å². The largest absolute Gasteiger partial charge is 0.297 e. The Balaban J connectivity index is 2.83. The molecule has 4 nitrogen and oxygen atoms in total. The molecule has 1 aliphatic heterocycles. The highest BCUT2D eigenvalue weighted by Crippen LogP contribution is 2.30. The maximum absolute atomic E-state index is 11.2. The Kier molecular flexibility index (Phi) is 2.09. The van der Waals surface area contributed by atoms with Crippen molar-refractivity contribution in [2.24, 2.45) is 10.2 Å². The lowest BCUT2D eigenvalue weighted by molar-refractivity contribution is 0.0921. The molecule has 1 aliphatic rings. The minimum atomic E-state index is -0.646. The lowest BCUT2D eigenvalue weighted by Crippen LogP contribution is -2.12. The van der Waals surface area contributed by atoms with Gasteiger partial charge in [0.15, 0.2) is 0 Å². The molecule has 0 fully saturated rings. The second-order valence-corrected chi connectivity index (χ2v) is 3.40. The molecule has 1 aromatic rings. The van der Waals surface area contributed by atoms with Gasteiger partial charge in [-0.3, -0.25) is 9.59 Å². The van der Waals surface area contributed by atoms with Crippen LogP contribution in [-0.4, -0.2) is 11.8 Å². The van der Waals surface area contributed by atoms with Crippen LogP contribution < -0.4 is 0 Å². The van der Waals surface area contributed by atoms with Gasteiger partial charge in [0.2, 0.25) is 0 Å². The van der Waals surface area contributed by atoms with Crippen molar-refractivity contribution in [2.75, 3.05) is 0 Å². The van der Waals surface area contributed by atoms with Crippen molar-refractivity contribution in [1.29, 1.82) is 0 Å². The first-order valence-electron chi connectivity index (χ1n) is 3.59. The van der Waals surface area contributed by atoms with Crippen LogP contribution in [-0.2, 0) is 0 Å². The summed E-state index contributed by atoms with van der Waals surface area (Å²) in [6.07, 6.45) is 0. The molecule has 0 spiro atoms. The summed E-state index contributed by atoms with van der Waals surface area (Å²) in [4.78, 5) is 22.5. The second-order valence-electron chi connectivity index (χ2n) is 2.59. The molecular weight excluding hydrogens is 227 g/mol. The fourth-order valence-corrected chi connectivity index (χ4v) is 1.64. The van der Waals surface area contributed by atoms with Crippen molar-refractivity contribution in [1.82, 2.24) is 0 Å². The highest BCUT2D eigenvalue weighted by Gasteiger charge is 2.27. The molecule has 1 aromatic carbocycles. The molecule has 0 unspecified atom stereocenters. The third kappa shape index (κ3) is 1.23. The SMILES string of the molecule is O=C1N=NC(=O)c2c(Cl)ccc(Cl)c21. The molecule has 6 heteroatoms. The van der Waals surface area contributed by atoms with Crippen LogP contribution in [0.3, 0.4) is 0 Å². The van der Waals surface area contributed by atoms with Gasteiger partial charge in [0.1, 0.15) is 0 Å². The second kappa shape index (κ2) is 3.15. The van der Waals surface area contributed by atoms with Crippen LogP contribution in [0.2, 0.25) is 10.0 Å². The number of hydrogen-bond acceptors (Lipinski definition) is 2. The van der Waals surface area contributed by atoms with Crippen molar-refractivity contribution in [3.05, 3.63) is 33.3 Å². The number of amides is 2. The summed E-state index contributed by atoms with van der Waals surface area (Å²) in [5, 5.41) is 6.60. The van der Waals surface area contributed by atoms with Gasteiger partial charge in [0.25, 0.3) is 11.8 Å². The number of hydrogen-bond donors (Lipinski definition) is 0. The molecule has 0 saturated carbocycles. The van der Waals surface area contributed by atoms with Gasteiger partial charge in [-0.1, -0.05) is 23.2 Å². The fraction of sp³-hybridized carbons (Fsp3) is 0. The van der Waals surface area contributed by atoms with Crippen molar-refractivity contribution in [3.8, 4) is 0 Å². The summed E-state index contributed by atoms with van der Waals surface area (Å²) >= 11 is 11.5. The molecule has 70 valence electrons. The van der Waals surface area contributed by atoms with E-state index >= 15 is 0 Å². The summed E-state index contributed by atoms with van der Waals surface area (Å²) < 4.78 is 0. The van der Waals surface area contributed by atoms with Gasteiger partial charge >= 0.3 is 0 Å². The van der Waals surface area contributed by atoms with E-state index in [1.54, 1.807) is 0 Å². The van der Waals surface area contributed by atoms with Gasteiger partial charge in [-0.15, -0.1) is 10.2 Å². The van der Waals surface area contributed by atoms with Crippen LogP contribution >= 0.6 is 23.2 Å². The molecule has 0 aromatic heterocycles. The van der Waals surface area contributed by atoms with Crippen LogP contribution in [0.4, 0.5) is 0 Å². The predicted molar refractivity (Wildman–Crippen MR) is 50.0 cm³/mol. The number of fused-ring (bicyclic) bond motifs is 1. The molecule has 0 bridgehead atoms. The molecule has 0 saturated heterocycles. The Labute approximate surface area is 88.5 Å². The van der Waals surface area contributed by atoms with Gasteiger partial charge in [-0.25, -0.2) is 0 Å². The van der Waals surface area contributed by atoms with Gasteiger partial charge in [0, 0.05) is 0 Å². The minimum Gasteiger partial charge on any atom is -0.265 e. The summed E-state index contributed by atoms with van der Waals surface area (Å²) in [6, 6.07) is 2.88. The maximum atomic E-state index is 11.2. The Morgan fingerprint density at radius 3 is 1.57 bits per heavy atom. The zero-order valence-electron chi connectivity index (χ0n) is 6.62. The van der Waals surface area contributed by atoms with Crippen molar-refractivity contribution >= 4 is 35.0 Å². The Morgan fingerprint density at radius 1 is 0.857 bits per heavy atom. The van der Waals surface area contributed by atoms with Crippen LogP contribution in [0.15, 0.2) is 22.4 Å². The third-order valence-electron chi connectivity index (χ3n) is 1.76. The standard InChI is InChI=1S/C8H2Cl2N2O2/c9-3-1-2-4(10)6-5(3)7(13)11-12-8(6)14/h1-2H. The molecule has 0 aliphatic carbocycles. The average molecular weight is 229 g/mol. The third-order valence-corrected chi connectivity index (χ3v) is 2.39. The first kappa shape index (κ1) is 9.30. The van der Waals surface area contributed by atoms with E-state index in [0.717, 1.165) is 0 Å². The lowest BCUT2D eigenvalue weighted by Gasteiger charge is -2.09. The number of nitrogens with zero attached hydrogens (tertiary/aromatic N) is 2. The number of halogens is 2. The van der Waals surface area contributed by atoms with E-state index in [9.17, 15) is 9.59 Å². The zero-order valence-corrected chi connectivity index (χ0v) is 8.13. The highest BCUT2D eigenvalue weighted by atomic mass is 35.5. The number of carbonyl (C=O) groups excluding carboxylic acids is 2. The van der Waals surface area contributed by atoms with Crippen LogP contribution in [0.25, 0.3) is 0 Å². The first-order valence-corrected chi connectivity index (χ1v) is 4.35. The molecule has 14 heavy (non-hydrogen) atoms. The van der Waals surface area contributed by atoms with Crippen molar-refractivity contribution in [3.63, 3.8) is 0 Å². The first-order chi connectivity index (χ1) is 6.61.